The molecule has 0 bridgehead atoms. The van der Waals surface area contributed by atoms with Crippen LogP contribution in [0.3, 0.4) is 0 Å². The van der Waals surface area contributed by atoms with Crippen LogP contribution >= 0.6 is 7.44 Å². The van der Waals surface area contributed by atoms with Crippen LogP contribution in [-0.2, 0) is 4.57 Å². The fourth-order valence-electron chi connectivity index (χ4n) is 1.53. The predicted molar refractivity (Wildman–Crippen MR) is 84.8 cm³/mol. The molecule has 1 rings (SSSR count). The third-order valence-corrected chi connectivity index (χ3v) is 4.65. The largest absolute Gasteiger partial charge is 0.359 e. The van der Waals surface area contributed by atoms with E-state index in [1.807, 2.05) is 18.2 Å². The Morgan fingerprint density at radius 2 is 1.40 bits per heavy atom. The average Bonchev–Trinajstić information content (AvgIpc) is 2.51. The molecule has 1 aromatic rings. The van der Waals surface area contributed by atoms with Crippen molar-refractivity contribution in [2.24, 2.45) is 9.98 Å². The molecule has 0 saturated heterocycles. The number of guanidine groups is 2. The summed E-state index contributed by atoms with van der Waals surface area (Å²) >= 11 is 0. The molecule has 0 heterocycles. The summed E-state index contributed by atoms with van der Waals surface area (Å²) in [5.41, 5.74) is 0. The molecule has 0 fully saturated rings. The Bertz CT molecular complexity index is 502. The van der Waals surface area contributed by atoms with E-state index in [2.05, 4.69) is 30.8 Å². The molecule has 0 spiro atoms. The van der Waals surface area contributed by atoms with Crippen molar-refractivity contribution in [2.45, 2.75) is 0 Å². The Morgan fingerprint density at radius 1 is 0.950 bits per heavy atom. The van der Waals surface area contributed by atoms with Gasteiger partial charge in [0.1, 0.15) is 0 Å². The maximum absolute atomic E-state index is 13.2. The summed E-state index contributed by atoms with van der Waals surface area (Å²) in [6.45, 7) is 0. The number of benzene rings is 1. The van der Waals surface area contributed by atoms with Gasteiger partial charge in [0.2, 0.25) is 0 Å². The van der Waals surface area contributed by atoms with Crippen LogP contribution in [0.1, 0.15) is 0 Å². The summed E-state index contributed by atoms with van der Waals surface area (Å²) in [5.74, 6) is 0.854. The first-order valence-electron chi connectivity index (χ1n) is 6.11. The zero-order valence-electron chi connectivity index (χ0n) is 12.1. The number of aliphatic imine (C=N–C) groups is 2. The highest BCUT2D eigenvalue weighted by Gasteiger charge is 2.27. The van der Waals surface area contributed by atoms with Gasteiger partial charge in [-0.2, -0.15) is 0 Å². The first-order chi connectivity index (χ1) is 9.59. The monoisotopic (exact) mass is 296 g/mol. The van der Waals surface area contributed by atoms with Gasteiger partial charge in [-0.05, 0) is 12.1 Å². The zero-order valence-corrected chi connectivity index (χ0v) is 13.0. The van der Waals surface area contributed by atoms with Crippen molar-refractivity contribution >= 4 is 24.7 Å². The van der Waals surface area contributed by atoms with Gasteiger partial charge in [-0.3, -0.25) is 24.7 Å². The molecule has 0 saturated carbocycles. The van der Waals surface area contributed by atoms with Crippen molar-refractivity contribution in [2.75, 3.05) is 28.2 Å². The summed E-state index contributed by atoms with van der Waals surface area (Å²) in [7, 11) is 3.50. The van der Waals surface area contributed by atoms with E-state index in [-0.39, 0.29) is 0 Å². The lowest BCUT2D eigenvalue weighted by Crippen LogP contribution is -2.44. The molecule has 1 aromatic carbocycles. The van der Waals surface area contributed by atoms with Crippen molar-refractivity contribution in [3.05, 3.63) is 30.3 Å². The van der Waals surface area contributed by atoms with Gasteiger partial charge in [0.15, 0.2) is 11.9 Å². The standard InChI is InChI=1S/C12H21N6OP/c1-13-11(14-2)17-20(19,18-12(15-3)16-4)10-8-6-5-7-9-10/h5-9H,1-4H3,(H4,13,14,15,16,17,18,19). The molecule has 110 valence electrons. The molecule has 0 unspecified atom stereocenters. The molecule has 0 aliphatic rings. The number of rotatable bonds is 3. The molecule has 20 heavy (non-hydrogen) atoms. The Hall–Kier alpha value is -2.01. The summed E-state index contributed by atoms with van der Waals surface area (Å²) in [5, 5.41) is 12.2. The summed E-state index contributed by atoms with van der Waals surface area (Å²) < 4.78 is 13.2. The lowest BCUT2D eigenvalue weighted by molar-refractivity contribution is 0.575. The minimum absolute atomic E-state index is 0.427. The van der Waals surface area contributed by atoms with E-state index >= 15 is 0 Å². The van der Waals surface area contributed by atoms with Crippen molar-refractivity contribution in [1.29, 1.82) is 0 Å². The van der Waals surface area contributed by atoms with Gasteiger partial charge in [-0.15, -0.1) is 0 Å². The molecule has 0 radical (unpaired) electrons. The Morgan fingerprint density at radius 3 is 1.75 bits per heavy atom. The minimum Gasteiger partial charge on any atom is -0.359 e. The minimum atomic E-state index is -3.14. The highest BCUT2D eigenvalue weighted by atomic mass is 31.2. The Kier molecular flexibility index (Phi) is 6.06. The summed E-state index contributed by atoms with van der Waals surface area (Å²) in [6.07, 6.45) is 0. The second-order valence-electron chi connectivity index (χ2n) is 3.81. The van der Waals surface area contributed by atoms with Gasteiger partial charge in [0, 0.05) is 28.2 Å². The highest BCUT2D eigenvalue weighted by molar-refractivity contribution is 7.69. The van der Waals surface area contributed by atoms with Crippen molar-refractivity contribution in [3.63, 3.8) is 0 Å². The molecular formula is C12H21N6OP. The predicted octanol–water partition coefficient (Wildman–Crippen LogP) is 0.0946. The third-order valence-electron chi connectivity index (χ3n) is 2.57. The van der Waals surface area contributed by atoms with Crippen LogP contribution in [0, 0.1) is 0 Å². The van der Waals surface area contributed by atoms with Crippen LogP contribution in [-0.4, -0.2) is 40.1 Å². The molecule has 7 nitrogen and oxygen atoms in total. The SMILES string of the molecule is CN=C(NC)NP(=O)(NC(=NC)NC)c1ccccc1. The second kappa shape index (κ2) is 7.55. The fourth-order valence-corrected chi connectivity index (χ4v) is 3.45. The summed E-state index contributed by atoms with van der Waals surface area (Å²) in [4.78, 5) is 8.00. The van der Waals surface area contributed by atoms with Crippen LogP contribution in [0.15, 0.2) is 40.3 Å². The van der Waals surface area contributed by atoms with E-state index in [4.69, 9.17) is 0 Å². The third kappa shape index (κ3) is 3.99. The van der Waals surface area contributed by atoms with Crippen LogP contribution in [0.25, 0.3) is 0 Å². The fraction of sp³-hybridized carbons (Fsp3) is 0.333. The molecule has 0 aromatic heterocycles. The number of hydrogen-bond acceptors (Lipinski definition) is 3. The number of nitrogens with zero attached hydrogens (tertiary/aromatic N) is 2. The average molecular weight is 296 g/mol. The van der Waals surface area contributed by atoms with Gasteiger partial charge >= 0.3 is 0 Å². The van der Waals surface area contributed by atoms with E-state index in [0.717, 1.165) is 0 Å². The topological polar surface area (TPSA) is 89.9 Å². The Balaban J connectivity index is 3.16. The quantitative estimate of drug-likeness (QED) is 0.361. The van der Waals surface area contributed by atoms with E-state index in [9.17, 15) is 4.57 Å². The van der Waals surface area contributed by atoms with Crippen LogP contribution in [0.2, 0.25) is 0 Å². The van der Waals surface area contributed by atoms with Gasteiger partial charge < -0.3 is 10.6 Å². The first-order valence-corrected chi connectivity index (χ1v) is 7.81. The lowest BCUT2D eigenvalue weighted by Gasteiger charge is -2.23. The van der Waals surface area contributed by atoms with Crippen LogP contribution in [0.4, 0.5) is 0 Å². The molecule has 8 heteroatoms. The second-order valence-corrected chi connectivity index (χ2v) is 6.00. The van der Waals surface area contributed by atoms with Gasteiger partial charge in [-0.25, -0.2) is 0 Å². The van der Waals surface area contributed by atoms with E-state index in [1.54, 1.807) is 40.3 Å². The van der Waals surface area contributed by atoms with E-state index in [0.29, 0.717) is 17.2 Å². The van der Waals surface area contributed by atoms with Crippen LogP contribution < -0.4 is 26.1 Å². The van der Waals surface area contributed by atoms with Gasteiger partial charge in [0.25, 0.3) is 7.44 Å². The van der Waals surface area contributed by atoms with Crippen molar-refractivity contribution in [3.8, 4) is 0 Å². The molecular weight excluding hydrogens is 275 g/mol. The molecule has 0 amide bonds. The molecule has 4 N–H and O–H groups in total. The van der Waals surface area contributed by atoms with E-state index in [1.165, 1.54) is 0 Å². The van der Waals surface area contributed by atoms with Crippen molar-refractivity contribution < 1.29 is 4.57 Å². The molecule has 0 atom stereocenters. The first kappa shape index (κ1) is 16.0. The highest BCUT2D eigenvalue weighted by Crippen LogP contribution is 2.34. The summed E-state index contributed by atoms with van der Waals surface area (Å²) in [6, 6.07) is 9.10. The van der Waals surface area contributed by atoms with Crippen molar-refractivity contribution in [1.82, 2.24) is 20.8 Å². The maximum atomic E-state index is 13.2. The smallest absolute Gasteiger partial charge is 0.292 e. The lowest BCUT2D eigenvalue weighted by atomic mass is 10.4. The van der Waals surface area contributed by atoms with Gasteiger partial charge in [-0.1, -0.05) is 18.2 Å². The maximum Gasteiger partial charge on any atom is 0.292 e. The van der Waals surface area contributed by atoms with Gasteiger partial charge in [0.05, 0.1) is 5.30 Å². The number of hydrogen-bond donors (Lipinski definition) is 4. The number of nitrogens with one attached hydrogen (secondary N) is 4. The van der Waals surface area contributed by atoms with E-state index < -0.39 is 7.44 Å². The zero-order chi connectivity index (χ0) is 15.0. The normalized spacial score (nSPS) is 15.2. The molecule has 0 aliphatic heterocycles. The molecule has 0 aliphatic carbocycles. The Labute approximate surface area is 119 Å². The van der Waals surface area contributed by atoms with Crippen LogP contribution in [0.5, 0.6) is 0 Å².